The van der Waals surface area contributed by atoms with Crippen LogP contribution in [-0.4, -0.2) is 17.2 Å². The molecule has 1 rings (SSSR count). The molecule has 0 amide bonds. The zero-order valence-electron chi connectivity index (χ0n) is 8.58. The van der Waals surface area contributed by atoms with Crippen LogP contribution in [0.25, 0.3) is 0 Å². The van der Waals surface area contributed by atoms with E-state index in [1.165, 1.54) is 24.3 Å². The van der Waals surface area contributed by atoms with Crippen LogP contribution < -0.4 is 5.73 Å². The third-order valence-electron chi connectivity index (χ3n) is 2.08. The Bertz CT molecular complexity index is 348. The number of halogens is 3. The normalized spacial score (nSPS) is 15.9. The molecule has 0 aliphatic rings. The minimum absolute atomic E-state index is 0.102. The van der Waals surface area contributed by atoms with Gasteiger partial charge >= 0.3 is 5.51 Å². The number of alkyl halides is 3. The van der Waals surface area contributed by atoms with Gasteiger partial charge in [0.2, 0.25) is 0 Å². The summed E-state index contributed by atoms with van der Waals surface area (Å²) in [6.07, 6.45) is 0. The Labute approximate surface area is 95.6 Å². The molecule has 0 aliphatic carbocycles. The molecule has 0 bridgehead atoms. The first-order chi connectivity index (χ1) is 7.24. The number of rotatable bonds is 3. The summed E-state index contributed by atoms with van der Waals surface area (Å²) in [7, 11) is 0. The van der Waals surface area contributed by atoms with Crippen molar-refractivity contribution in [2.24, 2.45) is 5.73 Å². The zero-order valence-corrected chi connectivity index (χ0v) is 9.40. The molecular weight excluding hydrogens is 239 g/mol. The van der Waals surface area contributed by atoms with Crippen LogP contribution in [0.4, 0.5) is 13.2 Å². The number of hydrogen-bond acceptors (Lipinski definition) is 3. The van der Waals surface area contributed by atoms with Crippen molar-refractivity contribution in [3.05, 3.63) is 29.8 Å². The molecule has 0 heterocycles. The quantitative estimate of drug-likeness (QED) is 0.811. The fourth-order valence-corrected chi connectivity index (χ4v) is 1.67. The second-order valence-electron chi connectivity index (χ2n) is 3.65. The molecule has 6 heteroatoms. The number of benzene rings is 1. The van der Waals surface area contributed by atoms with E-state index < -0.39 is 11.0 Å². The van der Waals surface area contributed by atoms with E-state index in [1.54, 1.807) is 6.92 Å². The van der Waals surface area contributed by atoms with Gasteiger partial charge in [-0.3, -0.25) is 0 Å². The minimum Gasteiger partial charge on any atom is -0.394 e. The van der Waals surface area contributed by atoms with E-state index in [-0.39, 0.29) is 23.3 Å². The predicted molar refractivity (Wildman–Crippen MR) is 57.0 cm³/mol. The maximum atomic E-state index is 12.0. The van der Waals surface area contributed by atoms with E-state index in [0.29, 0.717) is 5.56 Å². The van der Waals surface area contributed by atoms with Gasteiger partial charge in [0.05, 0.1) is 12.1 Å². The second kappa shape index (κ2) is 4.65. The molecule has 90 valence electrons. The van der Waals surface area contributed by atoms with Gasteiger partial charge in [-0.15, -0.1) is 0 Å². The van der Waals surface area contributed by atoms with Crippen LogP contribution in [0.3, 0.4) is 0 Å². The highest BCUT2D eigenvalue weighted by Gasteiger charge is 2.29. The first kappa shape index (κ1) is 13.3. The molecule has 1 unspecified atom stereocenters. The smallest absolute Gasteiger partial charge is 0.394 e. The average Bonchev–Trinajstić information content (AvgIpc) is 2.16. The van der Waals surface area contributed by atoms with E-state index >= 15 is 0 Å². The van der Waals surface area contributed by atoms with Crippen LogP contribution >= 0.6 is 11.8 Å². The largest absolute Gasteiger partial charge is 0.446 e. The molecular formula is C10H12F3NOS. The highest BCUT2D eigenvalue weighted by atomic mass is 32.2. The van der Waals surface area contributed by atoms with Crippen molar-refractivity contribution in [1.29, 1.82) is 0 Å². The van der Waals surface area contributed by atoms with Gasteiger partial charge in [-0.25, -0.2) is 0 Å². The first-order valence-electron chi connectivity index (χ1n) is 4.51. The van der Waals surface area contributed by atoms with Crippen LogP contribution in [0.5, 0.6) is 0 Å². The van der Waals surface area contributed by atoms with Crippen molar-refractivity contribution in [1.82, 2.24) is 0 Å². The van der Waals surface area contributed by atoms with Crippen molar-refractivity contribution < 1.29 is 18.3 Å². The number of aliphatic hydroxyl groups is 1. The molecule has 0 fully saturated rings. The summed E-state index contributed by atoms with van der Waals surface area (Å²) in [6, 6.07) is 5.66. The Morgan fingerprint density at radius 1 is 1.25 bits per heavy atom. The highest BCUT2D eigenvalue weighted by molar-refractivity contribution is 8.00. The van der Waals surface area contributed by atoms with Crippen LogP contribution in [0.15, 0.2) is 29.2 Å². The van der Waals surface area contributed by atoms with Crippen LogP contribution in [0.2, 0.25) is 0 Å². The monoisotopic (exact) mass is 251 g/mol. The maximum Gasteiger partial charge on any atom is 0.446 e. The molecule has 1 aromatic rings. The standard InChI is InChI=1S/C10H12F3NOS/c1-9(14,6-15)7-2-4-8(5-3-7)16-10(11,12)13/h2-5,15H,6,14H2,1H3. The average molecular weight is 251 g/mol. The third-order valence-corrected chi connectivity index (χ3v) is 2.82. The zero-order chi connectivity index (χ0) is 12.4. The van der Waals surface area contributed by atoms with Crippen molar-refractivity contribution in [3.63, 3.8) is 0 Å². The number of aliphatic hydroxyl groups excluding tert-OH is 1. The van der Waals surface area contributed by atoms with Gasteiger partial charge in [-0.1, -0.05) is 12.1 Å². The summed E-state index contributed by atoms with van der Waals surface area (Å²) in [5.41, 5.74) is 1.12. The van der Waals surface area contributed by atoms with Crippen LogP contribution in [0.1, 0.15) is 12.5 Å². The second-order valence-corrected chi connectivity index (χ2v) is 4.79. The van der Waals surface area contributed by atoms with Gasteiger partial charge in [0.25, 0.3) is 0 Å². The summed E-state index contributed by atoms with van der Waals surface area (Å²) in [5.74, 6) is 0. The van der Waals surface area contributed by atoms with Crippen molar-refractivity contribution in [2.75, 3.05) is 6.61 Å². The fourth-order valence-electron chi connectivity index (χ4n) is 1.13. The summed E-state index contributed by atoms with van der Waals surface area (Å²) >= 11 is -0.176. The summed E-state index contributed by atoms with van der Waals surface area (Å²) in [5, 5.41) is 8.99. The van der Waals surface area contributed by atoms with Crippen molar-refractivity contribution in [3.8, 4) is 0 Å². The van der Waals surface area contributed by atoms with Gasteiger partial charge in [-0.2, -0.15) is 13.2 Å². The third kappa shape index (κ3) is 3.70. The van der Waals surface area contributed by atoms with E-state index in [4.69, 9.17) is 10.8 Å². The Balaban J connectivity index is 2.84. The van der Waals surface area contributed by atoms with Crippen molar-refractivity contribution in [2.45, 2.75) is 22.9 Å². The lowest BCUT2D eigenvalue weighted by atomic mass is 9.94. The lowest BCUT2D eigenvalue weighted by molar-refractivity contribution is -0.0328. The maximum absolute atomic E-state index is 12.0. The van der Waals surface area contributed by atoms with Crippen molar-refractivity contribution >= 4 is 11.8 Å². The van der Waals surface area contributed by atoms with Gasteiger partial charge in [-0.05, 0) is 36.4 Å². The molecule has 16 heavy (non-hydrogen) atoms. The molecule has 0 saturated heterocycles. The van der Waals surface area contributed by atoms with Gasteiger partial charge < -0.3 is 10.8 Å². The van der Waals surface area contributed by atoms with Crippen LogP contribution in [0, 0.1) is 0 Å². The lowest BCUT2D eigenvalue weighted by Gasteiger charge is -2.22. The molecule has 0 spiro atoms. The highest BCUT2D eigenvalue weighted by Crippen LogP contribution is 2.37. The molecule has 2 nitrogen and oxygen atoms in total. The minimum atomic E-state index is -4.29. The number of thioether (sulfide) groups is 1. The van der Waals surface area contributed by atoms with Gasteiger partial charge in [0.1, 0.15) is 0 Å². The predicted octanol–water partition coefficient (Wildman–Crippen LogP) is 2.46. The number of nitrogens with two attached hydrogens (primary N) is 1. The molecule has 1 atom stereocenters. The first-order valence-corrected chi connectivity index (χ1v) is 5.32. The molecule has 0 aliphatic heterocycles. The van der Waals surface area contributed by atoms with E-state index in [2.05, 4.69) is 0 Å². The molecule has 3 N–H and O–H groups in total. The summed E-state index contributed by atoms with van der Waals surface area (Å²) < 4.78 is 36.1. The Hall–Kier alpha value is -0.720. The molecule has 0 saturated carbocycles. The van der Waals surface area contributed by atoms with Gasteiger partial charge in [0.15, 0.2) is 0 Å². The Morgan fingerprint density at radius 3 is 2.12 bits per heavy atom. The van der Waals surface area contributed by atoms with E-state index in [1.807, 2.05) is 0 Å². The topological polar surface area (TPSA) is 46.2 Å². The molecule has 0 radical (unpaired) electrons. The number of hydrogen-bond donors (Lipinski definition) is 2. The summed E-state index contributed by atoms with van der Waals surface area (Å²) in [4.78, 5) is 0.102. The SMILES string of the molecule is CC(N)(CO)c1ccc(SC(F)(F)F)cc1. The Morgan fingerprint density at radius 2 is 1.75 bits per heavy atom. The Kier molecular flexibility index (Phi) is 3.88. The van der Waals surface area contributed by atoms with Gasteiger partial charge in [0, 0.05) is 4.90 Å². The van der Waals surface area contributed by atoms with E-state index in [0.717, 1.165) is 0 Å². The molecule has 1 aromatic carbocycles. The molecule has 0 aromatic heterocycles. The fraction of sp³-hybridized carbons (Fsp3) is 0.400. The van der Waals surface area contributed by atoms with E-state index in [9.17, 15) is 13.2 Å². The summed E-state index contributed by atoms with van der Waals surface area (Å²) in [6.45, 7) is 1.34. The van der Waals surface area contributed by atoms with Crippen LogP contribution in [-0.2, 0) is 5.54 Å². The lowest BCUT2D eigenvalue weighted by Crippen LogP contribution is -2.36.